The summed E-state index contributed by atoms with van der Waals surface area (Å²) < 4.78 is 13.7. The lowest BCUT2D eigenvalue weighted by molar-refractivity contribution is 0.270. The van der Waals surface area contributed by atoms with Gasteiger partial charge in [-0.3, -0.25) is 0 Å². The molecule has 0 radical (unpaired) electrons. The highest BCUT2D eigenvalue weighted by Crippen LogP contribution is 2.16. The lowest BCUT2D eigenvalue weighted by atomic mass is 10.0. The van der Waals surface area contributed by atoms with Crippen LogP contribution in [0, 0.1) is 23.1 Å². The summed E-state index contributed by atoms with van der Waals surface area (Å²) in [4.78, 5) is 6.32. The largest absolute Gasteiger partial charge is 0.370 e. The molecule has 1 unspecified atom stereocenters. The Morgan fingerprint density at radius 3 is 2.95 bits per heavy atom. The molecule has 4 nitrogen and oxygen atoms in total. The zero-order valence-corrected chi connectivity index (χ0v) is 14.4. The second-order valence-electron chi connectivity index (χ2n) is 5.29. The minimum Gasteiger partial charge on any atom is -0.370 e. The topological polar surface area (TPSA) is 65.4 Å². The third kappa shape index (κ3) is 4.84. The van der Waals surface area contributed by atoms with E-state index in [1.54, 1.807) is 12.1 Å². The van der Waals surface area contributed by atoms with Crippen molar-refractivity contribution in [2.24, 2.45) is 16.6 Å². The van der Waals surface area contributed by atoms with Gasteiger partial charge in [0.15, 0.2) is 5.96 Å². The van der Waals surface area contributed by atoms with E-state index < -0.39 is 5.82 Å². The van der Waals surface area contributed by atoms with E-state index in [-0.39, 0.29) is 30.5 Å². The van der Waals surface area contributed by atoms with Gasteiger partial charge in [-0.25, -0.2) is 9.38 Å². The Morgan fingerprint density at radius 2 is 2.33 bits per heavy atom. The molecule has 1 aromatic rings. The van der Waals surface area contributed by atoms with Crippen molar-refractivity contribution >= 4 is 29.9 Å². The first-order chi connectivity index (χ1) is 9.60. The number of hydrogen-bond acceptors (Lipinski definition) is 2. The van der Waals surface area contributed by atoms with Gasteiger partial charge in [0.25, 0.3) is 0 Å². The van der Waals surface area contributed by atoms with E-state index in [0.717, 1.165) is 19.5 Å². The van der Waals surface area contributed by atoms with E-state index in [1.165, 1.54) is 12.5 Å². The van der Waals surface area contributed by atoms with Crippen molar-refractivity contribution in [2.45, 2.75) is 26.3 Å². The number of nitrogens with zero attached hydrogens (tertiary/aromatic N) is 3. The molecule has 21 heavy (non-hydrogen) atoms. The molecule has 1 aromatic carbocycles. The Balaban J connectivity index is 0.00000220. The van der Waals surface area contributed by atoms with Crippen LogP contribution in [-0.4, -0.2) is 23.9 Å². The van der Waals surface area contributed by atoms with Crippen LogP contribution in [0.25, 0.3) is 0 Å². The van der Waals surface area contributed by atoms with Crippen LogP contribution in [0.3, 0.4) is 0 Å². The van der Waals surface area contributed by atoms with Gasteiger partial charge >= 0.3 is 0 Å². The number of hydrogen-bond donors (Lipinski definition) is 1. The van der Waals surface area contributed by atoms with E-state index >= 15 is 0 Å². The summed E-state index contributed by atoms with van der Waals surface area (Å²) in [5.74, 6) is 0.678. The number of likely N-dealkylation sites (tertiary alicyclic amines) is 1. The monoisotopic (exact) mass is 402 g/mol. The highest BCUT2D eigenvalue weighted by atomic mass is 127. The second-order valence-corrected chi connectivity index (χ2v) is 5.29. The van der Waals surface area contributed by atoms with Gasteiger partial charge in [0, 0.05) is 18.7 Å². The van der Waals surface area contributed by atoms with Gasteiger partial charge in [0.1, 0.15) is 5.82 Å². The van der Waals surface area contributed by atoms with Crippen molar-refractivity contribution in [3.05, 3.63) is 35.1 Å². The number of aliphatic imine (C=N–C) groups is 1. The molecule has 1 aliphatic heterocycles. The van der Waals surface area contributed by atoms with E-state index in [4.69, 9.17) is 11.0 Å². The third-order valence-corrected chi connectivity index (χ3v) is 3.57. The van der Waals surface area contributed by atoms with Gasteiger partial charge < -0.3 is 10.6 Å². The van der Waals surface area contributed by atoms with Crippen molar-refractivity contribution in [3.63, 3.8) is 0 Å². The van der Waals surface area contributed by atoms with Crippen LogP contribution < -0.4 is 5.73 Å². The van der Waals surface area contributed by atoms with Crippen LogP contribution in [0.2, 0.25) is 0 Å². The first-order valence-corrected chi connectivity index (χ1v) is 6.83. The van der Waals surface area contributed by atoms with Crippen LogP contribution in [0.5, 0.6) is 0 Å². The second kappa shape index (κ2) is 8.17. The molecule has 1 atom stereocenters. The molecule has 0 amide bonds. The summed E-state index contributed by atoms with van der Waals surface area (Å²) in [5.41, 5.74) is 6.73. The smallest absolute Gasteiger partial charge is 0.191 e. The minimum atomic E-state index is -0.410. The first-order valence-electron chi connectivity index (χ1n) is 6.83. The Labute approximate surface area is 141 Å². The number of nitriles is 1. The minimum absolute atomic E-state index is 0. The SMILES string of the molecule is CC1CCCN(C(N)=NCc2ccc(C#N)cc2F)C1.I. The molecule has 114 valence electrons. The number of nitrogens with two attached hydrogens (primary N) is 1. The van der Waals surface area contributed by atoms with Crippen LogP contribution >= 0.6 is 24.0 Å². The molecule has 0 saturated carbocycles. The summed E-state index contributed by atoms with van der Waals surface area (Å²) in [7, 11) is 0. The predicted octanol–water partition coefficient (Wildman–Crippen LogP) is 2.86. The van der Waals surface area contributed by atoms with Gasteiger partial charge in [-0.2, -0.15) is 5.26 Å². The number of benzene rings is 1. The standard InChI is InChI=1S/C15H19FN4.HI/c1-11-3-2-6-20(10-11)15(18)19-9-13-5-4-12(8-17)7-14(13)16;/h4-5,7,11H,2-3,6,9-10H2,1H3,(H2,18,19);1H. The molecule has 0 aromatic heterocycles. The van der Waals surface area contributed by atoms with Gasteiger partial charge in [0.05, 0.1) is 18.2 Å². The fourth-order valence-corrected chi connectivity index (χ4v) is 2.41. The molecule has 6 heteroatoms. The highest BCUT2D eigenvalue weighted by Gasteiger charge is 2.17. The van der Waals surface area contributed by atoms with Crippen LogP contribution in [-0.2, 0) is 6.54 Å². The Bertz CT molecular complexity index is 553. The van der Waals surface area contributed by atoms with Crippen LogP contribution in [0.15, 0.2) is 23.2 Å². The normalized spacial score (nSPS) is 18.8. The third-order valence-electron chi connectivity index (χ3n) is 3.57. The lowest BCUT2D eigenvalue weighted by Crippen LogP contribution is -2.43. The first kappa shape index (κ1) is 17.7. The maximum atomic E-state index is 13.7. The molecular weight excluding hydrogens is 382 g/mol. The van der Waals surface area contributed by atoms with E-state index in [1.807, 2.05) is 6.07 Å². The molecule has 0 aliphatic carbocycles. The Kier molecular flexibility index (Phi) is 6.89. The number of rotatable bonds is 2. The van der Waals surface area contributed by atoms with E-state index in [0.29, 0.717) is 23.0 Å². The van der Waals surface area contributed by atoms with Gasteiger partial charge in [-0.15, -0.1) is 24.0 Å². The van der Waals surface area contributed by atoms with E-state index in [9.17, 15) is 4.39 Å². The molecule has 0 bridgehead atoms. The maximum absolute atomic E-state index is 13.7. The summed E-state index contributed by atoms with van der Waals surface area (Å²) in [6.45, 7) is 4.22. The average molecular weight is 402 g/mol. The summed E-state index contributed by atoms with van der Waals surface area (Å²) in [5, 5.41) is 8.70. The van der Waals surface area contributed by atoms with Crippen molar-refractivity contribution < 1.29 is 4.39 Å². The molecule has 0 spiro atoms. The van der Waals surface area contributed by atoms with Crippen LogP contribution in [0.1, 0.15) is 30.9 Å². The van der Waals surface area contributed by atoms with Gasteiger partial charge in [-0.1, -0.05) is 13.0 Å². The number of halogens is 2. The fraction of sp³-hybridized carbons (Fsp3) is 0.467. The van der Waals surface area contributed by atoms with Gasteiger partial charge in [0.2, 0.25) is 0 Å². The Morgan fingerprint density at radius 1 is 1.57 bits per heavy atom. The summed E-state index contributed by atoms with van der Waals surface area (Å²) >= 11 is 0. The van der Waals surface area contributed by atoms with Crippen molar-refractivity contribution in [3.8, 4) is 6.07 Å². The zero-order chi connectivity index (χ0) is 14.5. The molecule has 1 heterocycles. The molecule has 1 aliphatic rings. The van der Waals surface area contributed by atoms with Crippen LogP contribution in [0.4, 0.5) is 4.39 Å². The predicted molar refractivity (Wildman–Crippen MR) is 91.8 cm³/mol. The molecule has 2 N–H and O–H groups in total. The molecule has 2 rings (SSSR count). The Hall–Kier alpha value is -1.36. The van der Waals surface area contributed by atoms with E-state index in [2.05, 4.69) is 16.8 Å². The quantitative estimate of drug-likeness (QED) is 0.470. The summed E-state index contributed by atoms with van der Waals surface area (Å²) in [6, 6.07) is 6.31. The van der Waals surface area contributed by atoms with Gasteiger partial charge in [-0.05, 0) is 30.9 Å². The zero-order valence-electron chi connectivity index (χ0n) is 12.1. The summed E-state index contributed by atoms with van der Waals surface area (Å²) in [6.07, 6.45) is 2.33. The number of piperidine rings is 1. The highest BCUT2D eigenvalue weighted by molar-refractivity contribution is 14.0. The lowest BCUT2D eigenvalue weighted by Gasteiger charge is -2.31. The number of guanidine groups is 1. The average Bonchev–Trinajstić information content (AvgIpc) is 2.45. The maximum Gasteiger partial charge on any atom is 0.191 e. The van der Waals surface area contributed by atoms with Crippen molar-refractivity contribution in [1.29, 1.82) is 5.26 Å². The molecule has 1 saturated heterocycles. The molecule has 1 fully saturated rings. The van der Waals surface area contributed by atoms with Crippen molar-refractivity contribution in [1.82, 2.24) is 4.90 Å². The molecular formula is C15H20FIN4. The fourth-order valence-electron chi connectivity index (χ4n) is 2.41. The van der Waals surface area contributed by atoms with Crippen molar-refractivity contribution in [2.75, 3.05) is 13.1 Å².